The molecule has 0 unspecified atom stereocenters. The molecule has 0 aliphatic rings. The Morgan fingerprint density at radius 1 is 1.24 bits per heavy atom. The lowest BCUT2D eigenvalue weighted by Gasteiger charge is -2.13. The van der Waals surface area contributed by atoms with Crippen LogP contribution in [0.1, 0.15) is 37.1 Å². The molecular weight excluding hydrogens is 314 g/mol. The third-order valence-electron chi connectivity index (χ3n) is 3.80. The zero-order valence-corrected chi connectivity index (χ0v) is 15.7. The average Bonchev–Trinajstić information content (AvgIpc) is 3.01. The van der Waals surface area contributed by atoms with Crippen LogP contribution in [-0.4, -0.2) is 28.9 Å². The van der Waals surface area contributed by atoms with Crippen molar-refractivity contribution in [1.29, 1.82) is 0 Å². The summed E-state index contributed by atoms with van der Waals surface area (Å²) in [7, 11) is 1.94. The van der Waals surface area contributed by atoms with E-state index in [0.29, 0.717) is 13.1 Å². The Labute approximate surface area is 150 Å². The number of aryl methyl sites for hydroxylation is 2. The number of benzene rings is 1. The minimum absolute atomic E-state index is 0.569. The molecule has 2 aromatic rings. The molecule has 136 valence electrons. The van der Waals surface area contributed by atoms with Crippen LogP contribution < -0.4 is 15.4 Å². The Balaban J connectivity index is 2.06. The normalized spacial score (nSPS) is 11.4. The minimum atomic E-state index is 0.569. The van der Waals surface area contributed by atoms with Crippen molar-refractivity contribution in [2.45, 2.75) is 40.3 Å². The van der Waals surface area contributed by atoms with E-state index in [1.807, 2.05) is 17.8 Å². The summed E-state index contributed by atoms with van der Waals surface area (Å²) in [6.07, 6.45) is 2.79. The van der Waals surface area contributed by atoms with Crippen molar-refractivity contribution in [3.05, 3.63) is 47.3 Å². The van der Waals surface area contributed by atoms with Crippen LogP contribution in [0.2, 0.25) is 0 Å². The summed E-state index contributed by atoms with van der Waals surface area (Å²) in [4.78, 5) is 4.70. The highest BCUT2D eigenvalue weighted by molar-refractivity contribution is 5.79. The highest BCUT2D eigenvalue weighted by atomic mass is 16.5. The summed E-state index contributed by atoms with van der Waals surface area (Å²) in [6, 6.07) is 8.26. The molecule has 6 heteroatoms. The summed E-state index contributed by atoms with van der Waals surface area (Å²) in [5.74, 6) is 1.71. The SMILES string of the molecule is CCCOc1cc(C)ccc1CN=C(NCC)NCc1ccnn1C. The number of nitrogens with one attached hydrogen (secondary N) is 2. The van der Waals surface area contributed by atoms with Crippen LogP contribution in [-0.2, 0) is 20.1 Å². The Morgan fingerprint density at radius 2 is 2.08 bits per heavy atom. The van der Waals surface area contributed by atoms with Gasteiger partial charge in [-0.1, -0.05) is 19.1 Å². The van der Waals surface area contributed by atoms with Gasteiger partial charge in [-0.3, -0.25) is 4.68 Å². The lowest BCUT2D eigenvalue weighted by Crippen LogP contribution is -2.37. The Bertz CT molecular complexity index is 693. The maximum Gasteiger partial charge on any atom is 0.191 e. The van der Waals surface area contributed by atoms with Crippen LogP contribution in [0.25, 0.3) is 0 Å². The molecule has 0 aliphatic carbocycles. The van der Waals surface area contributed by atoms with Crippen molar-refractivity contribution < 1.29 is 4.74 Å². The molecule has 6 nitrogen and oxygen atoms in total. The maximum absolute atomic E-state index is 5.87. The second-order valence-corrected chi connectivity index (χ2v) is 5.95. The number of ether oxygens (including phenoxy) is 1. The Hall–Kier alpha value is -2.50. The van der Waals surface area contributed by atoms with Crippen LogP contribution in [0.3, 0.4) is 0 Å². The van der Waals surface area contributed by atoms with Gasteiger partial charge in [0.1, 0.15) is 5.75 Å². The van der Waals surface area contributed by atoms with Gasteiger partial charge in [0, 0.05) is 25.4 Å². The zero-order valence-electron chi connectivity index (χ0n) is 15.7. The summed E-state index contributed by atoms with van der Waals surface area (Å²) < 4.78 is 7.73. The fraction of sp³-hybridized carbons (Fsp3) is 0.474. The second-order valence-electron chi connectivity index (χ2n) is 5.95. The molecule has 1 aromatic carbocycles. The van der Waals surface area contributed by atoms with Crippen molar-refractivity contribution in [2.24, 2.45) is 12.0 Å². The van der Waals surface area contributed by atoms with Gasteiger partial charge in [0.15, 0.2) is 5.96 Å². The Kier molecular flexibility index (Phi) is 7.32. The van der Waals surface area contributed by atoms with Crippen molar-refractivity contribution in [1.82, 2.24) is 20.4 Å². The summed E-state index contributed by atoms with van der Waals surface area (Å²) >= 11 is 0. The molecule has 0 atom stereocenters. The molecule has 1 aromatic heterocycles. The first-order chi connectivity index (χ1) is 12.1. The van der Waals surface area contributed by atoms with Crippen LogP contribution in [0.5, 0.6) is 5.75 Å². The molecule has 0 saturated carbocycles. The molecule has 0 radical (unpaired) electrons. The number of hydrogen-bond acceptors (Lipinski definition) is 3. The van der Waals surface area contributed by atoms with E-state index >= 15 is 0 Å². The van der Waals surface area contributed by atoms with Crippen LogP contribution in [0.15, 0.2) is 35.5 Å². The number of rotatable bonds is 8. The highest BCUT2D eigenvalue weighted by Crippen LogP contribution is 2.21. The standard InChI is InChI=1S/C19H29N5O/c1-5-11-25-18-12-15(3)7-8-16(18)13-21-19(20-6-2)22-14-17-9-10-23-24(17)4/h7-10,12H,5-6,11,13-14H2,1-4H3,(H2,20,21,22). The first-order valence-electron chi connectivity index (χ1n) is 8.85. The molecule has 0 fully saturated rings. The number of guanidine groups is 1. The van der Waals surface area contributed by atoms with E-state index in [1.165, 1.54) is 5.56 Å². The molecule has 0 spiro atoms. The van der Waals surface area contributed by atoms with Gasteiger partial charge in [-0.2, -0.15) is 5.10 Å². The van der Waals surface area contributed by atoms with Gasteiger partial charge < -0.3 is 15.4 Å². The zero-order chi connectivity index (χ0) is 18.1. The largest absolute Gasteiger partial charge is 0.493 e. The van der Waals surface area contributed by atoms with Gasteiger partial charge >= 0.3 is 0 Å². The first-order valence-corrected chi connectivity index (χ1v) is 8.85. The van der Waals surface area contributed by atoms with Crippen LogP contribution in [0, 0.1) is 6.92 Å². The van der Waals surface area contributed by atoms with Crippen molar-refractivity contribution >= 4 is 5.96 Å². The molecular formula is C19H29N5O. The lowest BCUT2D eigenvalue weighted by atomic mass is 10.1. The molecule has 2 rings (SSSR count). The summed E-state index contributed by atoms with van der Waals surface area (Å²) in [6.45, 7) is 9.02. The van der Waals surface area contributed by atoms with Gasteiger partial charge in [-0.15, -0.1) is 0 Å². The van der Waals surface area contributed by atoms with E-state index in [9.17, 15) is 0 Å². The van der Waals surface area contributed by atoms with E-state index in [1.54, 1.807) is 6.20 Å². The van der Waals surface area contributed by atoms with E-state index < -0.39 is 0 Å². The molecule has 1 heterocycles. The predicted molar refractivity (Wildman–Crippen MR) is 102 cm³/mol. The van der Waals surface area contributed by atoms with Crippen molar-refractivity contribution in [3.63, 3.8) is 0 Å². The van der Waals surface area contributed by atoms with E-state index in [0.717, 1.165) is 42.5 Å². The first kappa shape index (κ1) is 18.8. The third kappa shape index (κ3) is 5.81. The van der Waals surface area contributed by atoms with Gasteiger partial charge in [0.2, 0.25) is 0 Å². The van der Waals surface area contributed by atoms with Gasteiger partial charge in [0.05, 0.1) is 25.4 Å². The maximum atomic E-state index is 5.87. The fourth-order valence-corrected chi connectivity index (χ4v) is 2.39. The van der Waals surface area contributed by atoms with E-state index in [4.69, 9.17) is 9.73 Å². The number of aromatic nitrogens is 2. The topological polar surface area (TPSA) is 63.5 Å². The lowest BCUT2D eigenvalue weighted by molar-refractivity contribution is 0.314. The number of hydrogen-bond donors (Lipinski definition) is 2. The van der Waals surface area contributed by atoms with Gasteiger partial charge in [-0.25, -0.2) is 4.99 Å². The van der Waals surface area contributed by atoms with Crippen molar-refractivity contribution in [2.75, 3.05) is 13.2 Å². The van der Waals surface area contributed by atoms with Crippen molar-refractivity contribution in [3.8, 4) is 5.75 Å². The highest BCUT2D eigenvalue weighted by Gasteiger charge is 2.06. The van der Waals surface area contributed by atoms with Gasteiger partial charge in [0.25, 0.3) is 0 Å². The van der Waals surface area contributed by atoms with Gasteiger partial charge in [-0.05, 0) is 38.0 Å². The van der Waals surface area contributed by atoms with Crippen LogP contribution >= 0.6 is 0 Å². The average molecular weight is 343 g/mol. The Morgan fingerprint density at radius 3 is 2.76 bits per heavy atom. The monoisotopic (exact) mass is 343 g/mol. The van der Waals surface area contributed by atoms with E-state index in [-0.39, 0.29) is 0 Å². The molecule has 0 aliphatic heterocycles. The third-order valence-corrected chi connectivity index (χ3v) is 3.80. The summed E-state index contributed by atoms with van der Waals surface area (Å²) in [5.41, 5.74) is 3.39. The fourth-order valence-electron chi connectivity index (χ4n) is 2.39. The molecule has 25 heavy (non-hydrogen) atoms. The number of aliphatic imine (C=N–C) groups is 1. The quantitative estimate of drug-likeness (QED) is 0.571. The molecule has 0 amide bonds. The van der Waals surface area contributed by atoms with E-state index in [2.05, 4.69) is 54.7 Å². The second kappa shape index (κ2) is 9.71. The van der Waals surface area contributed by atoms with Crippen LogP contribution in [0.4, 0.5) is 0 Å². The molecule has 2 N–H and O–H groups in total. The predicted octanol–water partition coefficient (Wildman–Crippen LogP) is 2.77. The molecule has 0 bridgehead atoms. The number of nitrogens with zero attached hydrogens (tertiary/aromatic N) is 3. The molecule has 0 saturated heterocycles. The smallest absolute Gasteiger partial charge is 0.191 e. The summed E-state index contributed by atoms with van der Waals surface area (Å²) in [5, 5.41) is 10.8. The minimum Gasteiger partial charge on any atom is -0.493 e.